The van der Waals surface area contributed by atoms with Crippen molar-refractivity contribution in [3.05, 3.63) is 11.4 Å². The van der Waals surface area contributed by atoms with E-state index in [1.54, 1.807) is 6.92 Å². The van der Waals surface area contributed by atoms with Gasteiger partial charge in [-0.05, 0) is 6.92 Å². The Kier molecular flexibility index (Phi) is 3.89. The molecule has 0 aliphatic heterocycles. The van der Waals surface area contributed by atoms with Gasteiger partial charge in [-0.15, -0.1) is 0 Å². The van der Waals surface area contributed by atoms with Gasteiger partial charge in [0.15, 0.2) is 0 Å². The first-order chi connectivity index (χ1) is 4.76. The highest BCUT2D eigenvalue weighted by molar-refractivity contribution is 5.94. The van der Waals surface area contributed by atoms with Crippen LogP contribution in [0.15, 0.2) is 0 Å². The first kappa shape index (κ1) is 8.63. The minimum atomic E-state index is -1.28. The van der Waals surface area contributed by atoms with Crippen LogP contribution in [-0.2, 0) is 14.3 Å². The van der Waals surface area contributed by atoms with Gasteiger partial charge in [0, 0.05) is 0 Å². The van der Waals surface area contributed by atoms with Crippen LogP contribution >= 0.6 is 0 Å². The summed E-state index contributed by atoms with van der Waals surface area (Å²) >= 11 is 0. The molecule has 0 amide bonds. The number of hydrogen-bond acceptors (Lipinski definition) is 3. The van der Waals surface area contributed by atoms with E-state index in [1.165, 1.54) is 0 Å². The maximum atomic E-state index is 10.5. The van der Waals surface area contributed by atoms with E-state index in [4.69, 9.17) is 6.57 Å². The Hall–Kier alpha value is -1.37. The zero-order valence-electron chi connectivity index (χ0n) is 5.53. The molecular weight excluding hydrogens is 134 g/mol. The lowest BCUT2D eigenvalue weighted by Crippen LogP contribution is -2.20. The Labute approximate surface area is 58.6 Å². The Bertz CT molecular complexity index is 170. The molecule has 1 atom stereocenters. The Morgan fingerprint density at radius 3 is 2.80 bits per heavy atom. The molecule has 4 heteroatoms. The van der Waals surface area contributed by atoms with Crippen molar-refractivity contribution in [2.24, 2.45) is 0 Å². The Balaban J connectivity index is 3.92. The van der Waals surface area contributed by atoms with Gasteiger partial charge in [-0.3, -0.25) is 9.64 Å². The van der Waals surface area contributed by atoms with Gasteiger partial charge in [-0.1, -0.05) is 0 Å². The van der Waals surface area contributed by atoms with E-state index in [-0.39, 0.29) is 12.9 Å². The van der Waals surface area contributed by atoms with Gasteiger partial charge in [0.05, 0.1) is 6.61 Å². The second-order valence-corrected chi connectivity index (χ2v) is 1.46. The number of aldehydes is 1. The first-order valence-corrected chi connectivity index (χ1v) is 2.74. The largest absolute Gasteiger partial charge is 0.460 e. The summed E-state index contributed by atoms with van der Waals surface area (Å²) in [6.45, 7) is 8.17. The van der Waals surface area contributed by atoms with E-state index in [0.717, 1.165) is 0 Å². The quantitative estimate of drug-likeness (QED) is 0.241. The molecule has 0 spiro atoms. The van der Waals surface area contributed by atoms with E-state index in [1.807, 2.05) is 0 Å². The minimum Gasteiger partial charge on any atom is -0.460 e. The third kappa shape index (κ3) is 2.27. The number of carbonyl (C=O) groups excluding carboxylic acids is 2. The summed E-state index contributed by atoms with van der Waals surface area (Å²) in [6.07, 6.45) is 0.269. The molecule has 0 aliphatic carbocycles. The van der Waals surface area contributed by atoms with Gasteiger partial charge < -0.3 is 4.74 Å². The third-order valence-electron chi connectivity index (χ3n) is 0.796. The molecule has 0 aromatic rings. The monoisotopic (exact) mass is 141 g/mol. The number of carbonyl (C=O) groups is 2. The predicted octanol–water partition coefficient (Wildman–Crippen LogP) is 0.0363. The van der Waals surface area contributed by atoms with Crippen LogP contribution in [0.4, 0.5) is 0 Å². The van der Waals surface area contributed by atoms with Crippen LogP contribution in [0.2, 0.25) is 0 Å². The third-order valence-corrected chi connectivity index (χ3v) is 0.796. The molecule has 54 valence electrons. The van der Waals surface area contributed by atoms with Gasteiger partial charge in [0.1, 0.15) is 0 Å². The molecule has 0 heterocycles. The average molecular weight is 141 g/mol. The second kappa shape index (κ2) is 4.50. The van der Waals surface area contributed by atoms with Crippen LogP contribution in [0.3, 0.4) is 0 Å². The van der Waals surface area contributed by atoms with Crippen molar-refractivity contribution in [2.75, 3.05) is 6.61 Å². The first-order valence-electron chi connectivity index (χ1n) is 2.74. The van der Waals surface area contributed by atoms with E-state index >= 15 is 0 Å². The van der Waals surface area contributed by atoms with E-state index < -0.39 is 12.0 Å². The summed E-state index contributed by atoms with van der Waals surface area (Å²) < 4.78 is 4.40. The molecule has 10 heavy (non-hydrogen) atoms. The summed E-state index contributed by atoms with van der Waals surface area (Å²) in [4.78, 5) is 23.2. The molecule has 0 saturated heterocycles. The van der Waals surface area contributed by atoms with Gasteiger partial charge in [0.25, 0.3) is 0 Å². The topological polar surface area (TPSA) is 47.7 Å². The molecule has 0 rings (SSSR count). The molecule has 1 unspecified atom stereocenters. The average Bonchev–Trinajstić information content (AvgIpc) is 1.91. The van der Waals surface area contributed by atoms with Gasteiger partial charge in [-0.2, -0.15) is 0 Å². The fourth-order valence-electron chi connectivity index (χ4n) is 0.366. The highest BCUT2D eigenvalue weighted by Crippen LogP contribution is 1.89. The van der Waals surface area contributed by atoms with Crippen molar-refractivity contribution >= 4 is 12.3 Å². The number of nitrogens with zero attached hydrogens (tertiary/aromatic N) is 1. The molecule has 0 aliphatic rings. The highest BCUT2D eigenvalue weighted by atomic mass is 16.5. The number of ether oxygens (including phenoxy) is 1. The second-order valence-electron chi connectivity index (χ2n) is 1.46. The molecule has 4 nitrogen and oxygen atoms in total. The summed E-state index contributed by atoms with van der Waals surface area (Å²) in [5.41, 5.74) is 0. The van der Waals surface area contributed by atoms with Crippen LogP contribution in [0, 0.1) is 6.57 Å². The molecule has 0 fully saturated rings. The van der Waals surface area contributed by atoms with Crippen molar-refractivity contribution in [1.29, 1.82) is 0 Å². The fraction of sp³-hybridized carbons (Fsp3) is 0.500. The SMILES string of the molecule is [C-]#[N+]C(C=O)C(=O)OCC. The summed E-state index contributed by atoms with van der Waals surface area (Å²) in [6, 6.07) is -1.28. The molecule has 0 aromatic carbocycles. The normalized spacial score (nSPS) is 11.2. The lowest BCUT2D eigenvalue weighted by atomic mass is 10.4. The molecule has 0 bridgehead atoms. The van der Waals surface area contributed by atoms with Crippen LogP contribution in [0.25, 0.3) is 4.85 Å². The highest BCUT2D eigenvalue weighted by Gasteiger charge is 2.22. The van der Waals surface area contributed by atoms with Crippen molar-refractivity contribution in [2.45, 2.75) is 13.0 Å². The molecular formula is C6H7NO3. The van der Waals surface area contributed by atoms with Gasteiger partial charge in [0.2, 0.25) is 6.29 Å². The standard InChI is InChI=1S/C6H7NO3/c1-3-10-6(9)5(4-8)7-2/h4-5H,3H2,1H3. The van der Waals surface area contributed by atoms with Crippen molar-refractivity contribution in [3.8, 4) is 0 Å². The molecule has 0 aromatic heterocycles. The van der Waals surface area contributed by atoms with E-state index in [0.29, 0.717) is 0 Å². The van der Waals surface area contributed by atoms with Crippen LogP contribution in [-0.4, -0.2) is 24.9 Å². The number of rotatable bonds is 3. The zero-order valence-corrected chi connectivity index (χ0v) is 5.53. The Morgan fingerprint density at radius 1 is 1.90 bits per heavy atom. The fourth-order valence-corrected chi connectivity index (χ4v) is 0.366. The maximum Gasteiger partial charge on any atom is 0.398 e. The summed E-state index contributed by atoms with van der Waals surface area (Å²) in [5.74, 6) is -0.771. The lowest BCUT2D eigenvalue weighted by Gasteiger charge is -1.96. The molecule has 0 radical (unpaired) electrons. The van der Waals surface area contributed by atoms with Gasteiger partial charge in [-0.25, -0.2) is 11.4 Å². The van der Waals surface area contributed by atoms with Gasteiger partial charge >= 0.3 is 12.0 Å². The molecule has 0 saturated carbocycles. The number of hydrogen-bond donors (Lipinski definition) is 0. The lowest BCUT2D eigenvalue weighted by molar-refractivity contribution is -0.144. The van der Waals surface area contributed by atoms with Crippen molar-refractivity contribution < 1.29 is 14.3 Å². The number of esters is 1. The van der Waals surface area contributed by atoms with Crippen LogP contribution < -0.4 is 0 Å². The van der Waals surface area contributed by atoms with Crippen LogP contribution in [0.5, 0.6) is 0 Å². The molecule has 0 N–H and O–H groups in total. The van der Waals surface area contributed by atoms with E-state index in [2.05, 4.69) is 9.58 Å². The van der Waals surface area contributed by atoms with Crippen molar-refractivity contribution in [1.82, 2.24) is 0 Å². The maximum absolute atomic E-state index is 10.5. The Morgan fingerprint density at radius 2 is 2.50 bits per heavy atom. The van der Waals surface area contributed by atoms with Crippen LogP contribution in [0.1, 0.15) is 6.92 Å². The summed E-state index contributed by atoms with van der Waals surface area (Å²) in [7, 11) is 0. The zero-order chi connectivity index (χ0) is 7.98. The van der Waals surface area contributed by atoms with Crippen molar-refractivity contribution in [3.63, 3.8) is 0 Å². The van der Waals surface area contributed by atoms with E-state index in [9.17, 15) is 9.59 Å². The summed E-state index contributed by atoms with van der Waals surface area (Å²) in [5, 5.41) is 0. The smallest absolute Gasteiger partial charge is 0.398 e. The minimum absolute atomic E-state index is 0.193. The predicted molar refractivity (Wildman–Crippen MR) is 33.1 cm³/mol.